The third kappa shape index (κ3) is 2.35. The molecule has 106 valence electrons. The third-order valence-electron chi connectivity index (χ3n) is 3.54. The lowest BCUT2D eigenvalue weighted by Gasteiger charge is -2.02. The highest BCUT2D eigenvalue weighted by Crippen LogP contribution is 2.35. The lowest BCUT2D eigenvalue weighted by molar-refractivity contribution is 0.353. The first-order valence-electron chi connectivity index (χ1n) is 6.29. The topological polar surface area (TPSA) is 64.9 Å². The van der Waals surface area contributed by atoms with E-state index in [-0.39, 0.29) is 22.3 Å². The number of nitrogens with zero attached hydrogens (tertiary/aromatic N) is 2. The van der Waals surface area contributed by atoms with Crippen molar-refractivity contribution in [3.8, 4) is 11.4 Å². The molecule has 0 radical (unpaired) electrons. The molecule has 0 spiro atoms. The van der Waals surface area contributed by atoms with Crippen LogP contribution >= 0.6 is 15.9 Å². The Balaban J connectivity index is 1.92. The Kier molecular flexibility index (Phi) is 3.55. The lowest BCUT2D eigenvalue weighted by Crippen LogP contribution is -2.14. The summed E-state index contributed by atoms with van der Waals surface area (Å²) >= 11 is 3.01. The minimum absolute atomic E-state index is 0.00651. The second-order valence-electron chi connectivity index (χ2n) is 4.95. The molecule has 0 aliphatic heterocycles. The van der Waals surface area contributed by atoms with Crippen LogP contribution in [-0.2, 0) is 0 Å². The number of rotatable bonds is 2. The Morgan fingerprint density at radius 3 is 2.80 bits per heavy atom. The van der Waals surface area contributed by atoms with Crippen molar-refractivity contribution in [3.63, 3.8) is 0 Å². The van der Waals surface area contributed by atoms with Gasteiger partial charge in [0.1, 0.15) is 0 Å². The first-order chi connectivity index (χ1) is 9.56. The van der Waals surface area contributed by atoms with Gasteiger partial charge in [0.15, 0.2) is 11.6 Å². The molecule has 1 aliphatic carbocycles. The zero-order chi connectivity index (χ0) is 14.3. The summed E-state index contributed by atoms with van der Waals surface area (Å²) in [7, 11) is 0. The molecule has 0 bridgehead atoms. The number of aromatic nitrogens is 2. The van der Waals surface area contributed by atoms with Crippen LogP contribution in [0.1, 0.15) is 31.1 Å². The fourth-order valence-electron chi connectivity index (χ4n) is 2.45. The standard InChI is InChI=1S/C13H12BrF2N3O/c14-10-8(3-4-9(15)11(10)16)12-18-13(20-19-12)6-1-2-7(17)5-6/h3-4,6-7H,1-2,5,17H2. The fourth-order valence-corrected chi connectivity index (χ4v) is 2.95. The van der Waals surface area contributed by atoms with Crippen LogP contribution in [0.25, 0.3) is 11.4 Å². The molecular weight excluding hydrogens is 332 g/mol. The van der Waals surface area contributed by atoms with Crippen LogP contribution in [0, 0.1) is 11.6 Å². The van der Waals surface area contributed by atoms with E-state index in [9.17, 15) is 8.78 Å². The Hall–Kier alpha value is -1.34. The number of halogens is 3. The number of nitrogens with two attached hydrogens (primary N) is 1. The molecule has 1 aromatic carbocycles. The van der Waals surface area contributed by atoms with Crippen LogP contribution < -0.4 is 5.73 Å². The average Bonchev–Trinajstić information content (AvgIpc) is 3.05. The molecule has 0 saturated heterocycles. The SMILES string of the molecule is NC1CCC(c2nc(-c3ccc(F)c(F)c3Br)no2)C1. The Morgan fingerprint density at radius 2 is 2.10 bits per heavy atom. The summed E-state index contributed by atoms with van der Waals surface area (Å²) in [6, 6.07) is 2.61. The van der Waals surface area contributed by atoms with E-state index in [1.54, 1.807) is 0 Å². The van der Waals surface area contributed by atoms with E-state index in [4.69, 9.17) is 10.3 Å². The van der Waals surface area contributed by atoms with Gasteiger partial charge in [-0.3, -0.25) is 0 Å². The maximum absolute atomic E-state index is 13.5. The van der Waals surface area contributed by atoms with Crippen molar-refractivity contribution in [2.75, 3.05) is 0 Å². The van der Waals surface area contributed by atoms with Crippen molar-refractivity contribution in [2.45, 2.75) is 31.2 Å². The highest BCUT2D eigenvalue weighted by atomic mass is 79.9. The molecule has 1 fully saturated rings. The predicted octanol–water partition coefficient (Wildman–Crippen LogP) is 3.37. The van der Waals surface area contributed by atoms with Crippen LogP contribution in [0.5, 0.6) is 0 Å². The van der Waals surface area contributed by atoms with Gasteiger partial charge in [0.25, 0.3) is 0 Å². The monoisotopic (exact) mass is 343 g/mol. The van der Waals surface area contributed by atoms with Gasteiger partial charge in [-0.1, -0.05) is 5.16 Å². The summed E-state index contributed by atoms with van der Waals surface area (Å²) in [5.41, 5.74) is 6.21. The summed E-state index contributed by atoms with van der Waals surface area (Å²) in [5, 5.41) is 3.84. The minimum Gasteiger partial charge on any atom is -0.339 e. The molecule has 1 saturated carbocycles. The molecule has 0 amide bonds. The predicted molar refractivity (Wildman–Crippen MR) is 71.9 cm³/mol. The molecule has 1 aliphatic rings. The summed E-state index contributed by atoms with van der Waals surface area (Å²) < 4.78 is 31.8. The fraction of sp³-hybridized carbons (Fsp3) is 0.385. The van der Waals surface area contributed by atoms with Crippen molar-refractivity contribution >= 4 is 15.9 Å². The first kappa shape index (κ1) is 13.6. The van der Waals surface area contributed by atoms with Gasteiger partial charge in [0.05, 0.1) is 4.47 Å². The van der Waals surface area contributed by atoms with Crippen LogP contribution in [0.3, 0.4) is 0 Å². The van der Waals surface area contributed by atoms with Crippen LogP contribution in [0.2, 0.25) is 0 Å². The molecule has 7 heteroatoms. The second-order valence-corrected chi connectivity index (χ2v) is 5.74. The molecular formula is C13H12BrF2N3O. The Labute approximate surface area is 122 Å². The second kappa shape index (κ2) is 5.21. The largest absolute Gasteiger partial charge is 0.339 e. The lowest BCUT2D eigenvalue weighted by atomic mass is 10.1. The van der Waals surface area contributed by atoms with Crippen LogP contribution in [-0.4, -0.2) is 16.2 Å². The van der Waals surface area contributed by atoms with Crippen LogP contribution in [0.15, 0.2) is 21.1 Å². The smallest absolute Gasteiger partial charge is 0.230 e. The van der Waals surface area contributed by atoms with E-state index < -0.39 is 11.6 Å². The van der Waals surface area contributed by atoms with Gasteiger partial charge in [-0.05, 0) is 47.3 Å². The van der Waals surface area contributed by atoms with E-state index >= 15 is 0 Å². The van der Waals surface area contributed by atoms with Gasteiger partial charge in [0.2, 0.25) is 11.7 Å². The molecule has 1 aromatic heterocycles. The molecule has 2 atom stereocenters. The molecule has 3 rings (SSSR count). The zero-order valence-corrected chi connectivity index (χ0v) is 12.0. The van der Waals surface area contributed by atoms with Crippen molar-refractivity contribution in [1.82, 2.24) is 10.1 Å². The molecule has 2 aromatic rings. The Bertz CT molecular complexity index is 647. The van der Waals surface area contributed by atoms with E-state index in [2.05, 4.69) is 26.1 Å². The van der Waals surface area contributed by atoms with E-state index in [0.717, 1.165) is 25.3 Å². The van der Waals surface area contributed by atoms with Crippen molar-refractivity contribution < 1.29 is 13.3 Å². The molecule has 1 heterocycles. The summed E-state index contributed by atoms with van der Waals surface area (Å²) in [5.74, 6) is -0.992. The maximum atomic E-state index is 13.5. The zero-order valence-electron chi connectivity index (χ0n) is 10.4. The third-order valence-corrected chi connectivity index (χ3v) is 4.32. The van der Waals surface area contributed by atoms with Crippen LogP contribution in [0.4, 0.5) is 8.78 Å². The maximum Gasteiger partial charge on any atom is 0.230 e. The highest BCUT2D eigenvalue weighted by Gasteiger charge is 2.28. The molecule has 4 nitrogen and oxygen atoms in total. The first-order valence-corrected chi connectivity index (χ1v) is 7.08. The van der Waals surface area contributed by atoms with Gasteiger partial charge in [0, 0.05) is 17.5 Å². The summed E-state index contributed by atoms with van der Waals surface area (Å²) in [6.45, 7) is 0. The summed E-state index contributed by atoms with van der Waals surface area (Å²) in [6.07, 6.45) is 2.64. The van der Waals surface area contributed by atoms with E-state index in [0.29, 0.717) is 11.5 Å². The normalized spacial score (nSPS) is 22.4. The van der Waals surface area contributed by atoms with Gasteiger partial charge in [-0.25, -0.2) is 8.78 Å². The average molecular weight is 344 g/mol. The number of hydrogen-bond donors (Lipinski definition) is 1. The van der Waals surface area contributed by atoms with Gasteiger partial charge in [-0.15, -0.1) is 0 Å². The molecule has 2 N–H and O–H groups in total. The van der Waals surface area contributed by atoms with E-state index in [1.807, 2.05) is 0 Å². The summed E-state index contributed by atoms with van der Waals surface area (Å²) in [4.78, 5) is 4.28. The number of hydrogen-bond acceptors (Lipinski definition) is 4. The minimum atomic E-state index is -0.961. The Morgan fingerprint density at radius 1 is 1.30 bits per heavy atom. The van der Waals surface area contributed by atoms with Gasteiger partial charge < -0.3 is 10.3 Å². The van der Waals surface area contributed by atoms with Crippen molar-refractivity contribution in [2.24, 2.45) is 5.73 Å². The van der Waals surface area contributed by atoms with E-state index in [1.165, 1.54) is 6.07 Å². The van der Waals surface area contributed by atoms with Crippen molar-refractivity contribution in [1.29, 1.82) is 0 Å². The van der Waals surface area contributed by atoms with Gasteiger partial charge in [-0.2, -0.15) is 4.98 Å². The molecule has 20 heavy (non-hydrogen) atoms. The quantitative estimate of drug-likeness (QED) is 0.849. The number of benzene rings is 1. The molecule has 2 unspecified atom stereocenters. The highest BCUT2D eigenvalue weighted by molar-refractivity contribution is 9.10. The van der Waals surface area contributed by atoms with Gasteiger partial charge >= 0.3 is 0 Å². The van der Waals surface area contributed by atoms with Crippen molar-refractivity contribution in [3.05, 3.63) is 34.1 Å².